The lowest BCUT2D eigenvalue weighted by molar-refractivity contribution is -0.119. The Morgan fingerprint density at radius 3 is 2.69 bits per heavy atom. The SMILES string of the molecule is O=C(CSc1nnc(-c2ccc(Cl)cc2)n1-c1ccccc1)NCC1CCCO1. The largest absolute Gasteiger partial charge is 0.376 e. The molecule has 0 bridgehead atoms. The van der Waals surface area contributed by atoms with Gasteiger partial charge in [-0.15, -0.1) is 10.2 Å². The summed E-state index contributed by atoms with van der Waals surface area (Å²) >= 11 is 7.38. The highest BCUT2D eigenvalue weighted by Crippen LogP contribution is 2.28. The zero-order chi connectivity index (χ0) is 20.1. The Morgan fingerprint density at radius 2 is 1.97 bits per heavy atom. The van der Waals surface area contributed by atoms with Gasteiger partial charge in [0, 0.05) is 29.4 Å². The molecule has 29 heavy (non-hydrogen) atoms. The van der Waals surface area contributed by atoms with E-state index in [0.29, 0.717) is 22.5 Å². The fourth-order valence-corrected chi connectivity index (χ4v) is 4.08. The third-order valence-electron chi connectivity index (χ3n) is 4.63. The van der Waals surface area contributed by atoms with Gasteiger partial charge in [0.2, 0.25) is 5.91 Å². The zero-order valence-corrected chi connectivity index (χ0v) is 17.3. The van der Waals surface area contributed by atoms with Crippen LogP contribution in [0.2, 0.25) is 5.02 Å². The minimum atomic E-state index is -0.0406. The molecular formula is C21H21ClN4O2S. The van der Waals surface area contributed by atoms with Crippen LogP contribution in [0.4, 0.5) is 0 Å². The normalized spacial score (nSPS) is 16.1. The molecule has 1 saturated heterocycles. The number of para-hydroxylation sites is 1. The van der Waals surface area contributed by atoms with E-state index in [2.05, 4.69) is 15.5 Å². The van der Waals surface area contributed by atoms with Crippen LogP contribution in [-0.2, 0) is 9.53 Å². The molecule has 1 aliphatic rings. The molecule has 1 atom stereocenters. The fourth-order valence-electron chi connectivity index (χ4n) is 3.17. The highest BCUT2D eigenvalue weighted by atomic mass is 35.5. The van der Waals surface area contributed by atoms with Crippen molar-refractivity contribution in [2.24, 2.45) is 0 Å². The summed E-state index contributed by atoms with van der Waals surface area (Å²) in [5.41, 5.74) is 1.84. The maximum atomic E-state index is 12.3. The summed E-state index contributed by atoms with van der Waals surface area (Å²) in [7, 11) is 0. The number of ether oxygens (including phenoxy) is 1. The van der Waals surface area contributed by atoms with Crippen molar-refractivity contribution in [2.45, 2.75) is 24.1 Å². The maximum absolute atomic E-state index is 12.3. The van der Waals surface area contributed by atoms with Crippen LogP contribution in [0, 0.1) is 0 Å². The summed E-state index contributed by atoms with van der Waals surface area (Å²) in [5, 5.41) is 13.0. The van der Waals surface area contributed by atoms with Crippen molar-refractivity contribution in [2.75, 3.05) is 18.9 Å². The number of nitrogens with one attached hydrogen (secondary N) is 1. The fraction of sp³-hybridized carbons (Fsp3) is 0.286. The molecule has 1 amide bonds. The number of carbonyl (C=O) groups excluding carboxylic acids is 1. The predicted molar refractivity (Wildman–Crippen MR) is 115 cm³/mol. The van der Waals surface area contributed by atoms with Crippen LogP contribution in [0.3, 0.4) is 0 Å². The van der Waals surface area contributed by atoms with E-state index in [4.69, 9.17) is 16.3 Å². The van der Waals surface area contributed by atoms with Crippen molar-refractivity contribution in [3.63, 3.8) is 0 Å². The van der Waals surface area contributed by atoms with E-state index < -0.39 is 0 Å². The number of hydrogen-bond acceptors (Lipinski definition) is 5. The van der Waals surface area contributed by atoms with E-state index in [1.807, 2.05) is 59.2 Å². The van der Waals surface area contributed by atoms with Gasteiger partial charge in [-0.2, -0.15) is 0 Å². The minimum absolute atomic E-state index is 0.0406. The van der Waals surface area contributed by atoms with Gasteiger partial charge < -0.3 is 10.1 Å². The van der Waals surface area contributed by atoms with E-state index in [0.717, 1.165) is 30.7 Å². The lowest BCUT2D eigenvalue weighted by atomic mass is 10.2. The molecule has 0 aliphatic carbocycles. The molecule has 1 fully saturated rings. The number of thioether (sulfide) groups is 1. The molecule has 1 aliphatic heterocycles. The number of carbonyl (C=O) groups is 1. The van der Waals surface area contributed by atoms with Crippen LogP contribution in [0.25, 0.3) is 17.1 Å². The summed E-state index contributed by atoms with van der Waals surface area (Å²) in [4.78, 5) is 12.3. The highest BCUT2D eigenvalue weighted by Gasteiger charge is 2.19. The summed E-state index contributed by atoms with van der Waals surface area (Å²) in [6, 6.07) is 17.3. The van der Waals surface area contributed by atoms with Crippen LogP contribution in [0.1, 0.15) is 12.8 Å². The van der Waals surface area contributed by atoms with Crippen molar-refractivity contribution >= 4 is 29.3 Å². The van der Waals surface area contributed by atoms with Gasteiger partial charge in [0.05, 0.1) is 11.9 Å². The molecule has 0 spiro atoms. The lowest BCUT2D eigenvalue weighted by Crippen LogP contribution is -2.32. The molecule has 1 N–H and O–H groups in total. The standard InChI is InChI=1S/C21H21ClN4O2S/c22-16-10-8-15(9-11-16)20-24-25-21(26(20)17-5-2-1-3-6-17)29-14-19(27)23-13-18-7-4-12-28-18/h1-3,5-6,8-11,18H,4,7,12-14H2,(H,23,27). The molecule has 2 aromatic carbocycles. The second-order valence-electron chi connectivity index (χ2n) is 6.71. The second kappa shape index (κ2) is 9.43. The molecule has 1 aromatic heterocycles. The van der Waals surface area contributed by atoms with E-state index in [1.54, 1.807) is 0 Å². The van der Waals surface area contributed by atoms with Crippen molar-refractivity contribution in [3.8, 4) is 17.1 Å². The van der Waals surface area contributed by atoms with Gasteiger partial charge in [-0.1, -0.05) is 41.6 Å². The Balaban J connectivity index is 1.52. The third-order valence-corrected chi connectivity index (χ3v) is 5.81. The van der Waals surface area contributed by atoms with Crippen LogP contribution in [0.5, 0.6) is 0 Å². The van der Waals surface area contributed by atoms with Crippen LogP contribution in [0.15, 0.2) is 59.8 Å². The monoisotopic (exact) mass is 428 g/mol. The first-order valence-electron chi connectivity index (χ1n) is 9.48. The van der Waals surface area contributed by atoms with Crippen LogP contribution in [-0.4, -0.2) is 45.7 Å². The average molecular weight is 429 g/mol. The number of nitrogens with zero attached hydrogens (tertiary/aromatic N) is 3. The zero-order valence-electron chi connectivity index (χ0n) is 15.8. The highest BCUT2D eigenvalue weighted by molar-refractivity contribution is 7.99. The summed E-state index contributed by atoms with van der Waals surface area (Å²) < 4.78 is 7.51. The molecule has 8 heteroatoms. The van der Waals surface area contributed by atoms with Crippen molar-refractivity contribution in [1.29, 1.82) is 0 Å². The van der Waals surface area contributed by atoms with Crippen LogP contribution < -0.4 is 5.32 Å². The number of amides is 1. The Bertz CT molecular complexity index is 957. The topological polar surface area (TPSA) is 69.0 Å². The maximum Gasteiger partial charge on any atom is 0.230 e. The van der Waals surface area contributed by atoms with E-state index in [9.17, 15) is 4.79 Å². The van der Waals surface area contributed by atoms with E-state index in [-0.39, 0.29) is 17.8 Å². The number of aromatic nitrogens is 3. The smallest absolute Gasteiger partial charge is 0.230 e. The minimum Gasteiger partial charge on any atom is -0.376 e. The summed E-state index contributed by atoms with van der Waals surface area (Å²) in [5.74, 6) is 0.925. The first kappa shape index (κ1) is 19.9. The van der Waals surface area contributed by atoms with Crippen molar-refractivity contribution < 1.29 is 9.53 Å². The van der Waals surface area contributed by atoms with Gasteiger partial charge in [0.15, 0.2) is 11.0 Å². The molecule has 0 radical (unpaired) electrons. The Labute approximate surface area is 178 Å². The predicted octanol–water partition coefficient (Wildman–Crippen LogP) is 3.98. The molecule has 4 rings (SSSR count). The quantitative estimate of drug-likeness (QED) is 0.576. The molecule has 0 saturated carbocycles. The molecule has 6 nitrogen and oxygen atoms in total. The van der Waals surface area contributed by atoms with Gasteiger partial charge in [0.25, 0.3) is 0 Å². The van der Waals surface area contributed by atoms with Gasteiger partial charge in [-0.05, 0) is 49.2 Å². The number of benzene rings is 2. The van der Waals surface area contributed by atoms with E-state index >= 15 is 0 Å². The van der Waals surface area contributed by atoms with Gasteiger partial charge in [0.1, 0.15) is 0 Å². The van der Waals surface area contributed by atoms with Gasteiger partial charge in [-0.25, -0.2) is 0 Å². The molecule has 1 unspecified atom stereocenters. The van der Waals surface area contributed by atoms with Crippen molar-refractivity contribution in [1.82, 2.24) is 20.1 Å². The Hall–Kier alpha value is -2.35. The average Bonchev–Trinajstić information content (AvgIpc) is 3.42. The first-order valence-corrected chi connectivity index (χ1v) is 10.8. The number of hydrogen-bond donors (Lipinski definition) is 1. The Kier molecular flexibility index (Phi) is 6.49. The molecule has 150 valence electrons. The number of halogens is 1. The molecule has 2 heterocycles. The Morgan fingerprint density at radius 1 is 1.17 bits per heavy atom. The summed E-state index contributed by atoms with van der Waals surface area (Å²) in [6.07, 6.45) is 2.19. The first-order chi connectivity index (χ1) is 14.2. The van der Waals surface area contributed by atoms with Gasteiger partial charge >= 0.3 is 0 Å². The van der Waals surface area contributed by atoms with Crippen molar-refractivity contribution in [3.05, 3.63) is 59.6 Å². The van der Waals surface area contributed by atoms with Gasteiger partial charge in [-0.3, -0.25) is 9.36 Å². The summed E-state index contributed by atoms with van der Waals surface area (Å²) in [6.45, 7) is 1.34. The molecular weight excluding hydrogens is 408 g/mol. The second-order valence-corrected chi connectivity index (χ2v) is 8.09. The van der Waals surface area contributed by atoms with E-state index in [1.165, 1.54) is 11.8 Å². The third kappa shape index (κ3) is 4.98. The lowest BCUT2D eigenvalue weighted by Gasteiger charge is -2.12. The number of rotatable bonds is 7. The molecule has 3 aromatic rings. The van der Waals surface area contributed by atoms with Crippen LogP contribution >= 0.6 is 23.4 Å².